The average Bonchev–Trinajstić information content (AvgIpc) is 1.68. The fourth-order valence-corrected chi connectivity index (χ4v) is 0.195. The van der Waals surface area contributed by atoms with Gasteiger partial charge in [-0.3, -0.25) is 10.0 Å². The first-order chi connectivity index (χ1) is 3.31. The molecule has 4 N–H and O–H groups in total. The van der Waals surface area contributed by atoms with Crippen molar-refractivity contribution in [1.29, 1.82) is 0 Å². The SMILES string of the molecule is CN=CN(N)CN. The zero-order chi connectivity index (χ0) is 5.70. The summed E-state index contributed by atoms with van der Waals surface area (Å²) in [6.45, 7) is 0.303. The minimum atomic E-state index is 0.303. The zero-order valence-electron chi connectivity index (χ0n) is 4.33. The molecule has 0 aromatic rings. The number of nitrogens with two attached hydrogens (primary N) is 2. The Hall–Kier alpha value is -0.610. The van der Waals surface area contributed by atoms with Gasteiger partial charge in [0, 0.05) is 7.05 Å². The average molecular weight is 102 g/mol. The van der Waals surface area contributed by atoms with Crippen LogP contribution in [0.5, 0.6) is 0 Å². The lowest BCUT2D eigenvalue weighted by Gasteiger charge is -2.05. The number of hydrogen-bond donors (Lipinski definition) is 2. The van der Waals surface area contributed by atoms with Crippen LogP contribution in [0, 0.1) is 0 Å². The smallest absolute Gasteiger partial charge is 0.0999 e. The van der Waals surface area contributed by atoms with E-state index in [2.05, 4.69) is 4.99 Å². The minimum absolute atomic E-state index is 0.303. The van der Waals surface area contributed by atoms with Crippen molar-refractivity contribution in [2.75, 3.05) is 13.7 Å². The maximum Gasteiger partial charge on any atom is 0.0999 e. The van der Waals surface area contributed by atoms with E-state index in [-0.39, 0.29) is 0 Å². The third-order valence-corrected chi connectivity index (χ3v) is 0.475. The number of nitrogens with zero attached hydrogens (tertiary/aromatic N) is 2. The monoisotopic (exact) mass is 102 g/mol. The van der Waals surface area contributed by atoms with E-state index in [0.717, 1.165) is 0 Å². The highest BCUT2D eigenvalue weighted by Crippen LogP contribution is 1.58. The molecule has 4 nitrogen and oxygen atoms in total. The normalized spacial score (nSPS) is 10.1. The molecule has 0 bridgehead atoms. The summed E-state index contributed by atoms with van der Waals surface area (Å²) >= 11 is 0. The predicted octanol–water partition coefficient (Wildman–Crippen LogP) is -1.26. The zero-order valence-corrected chi connectivity index (χ0v) is 4.33. The van der Waals surface area contributed by atoms with Crippen molar-refractivity contribution in [3.8, 4) is 0 Å². The van der Waals surface area contributed by atoms with Crippen LogP contribution in [0.15, 0.2) is 4.99 Å². The summed E-state index contributed by atoms with van der Waals surface area (Å²) in [6.07, 6.45) is 1.46. The van der Waals surface area contributed by atoms with E-state index in [0.29, 0.717) is 6.67 Å². The Kier molecular flexibility index (Phi) is 3.26. The van der Waals surface area contributed by atoms with E-state index in [1.165, 1.54) is 11.3 Å². The second kappa shape index (κ2) is 3.58. The highest BCUT2D eigenvalue weighted by atomic mass is 15.4. The van der Waals surface area contributed by atoms with Crippen LogP contribution in [0.4, 0.5) is 0 Å². The lowest BCUT2D eigenvalue weighted by atomic mass is 11.0. The molecule has 0 aliphatic heterocycles. The topological polar surface area (TPSA) is 67.6 Å². The molecule has 0 aliphatic carbocycles. The quantitative estimate of drug-likeness (QED) is 0.150. The molecule has 0 radical (unpaired) electrons. The van der Waals surface area contributed by atoms with E-state index < -0.39 is 0 Å². The summed E-state index contributed by atoms with van der Waals surface area (Å²) in [4.78, 5) is 3.60. The molecular weight excluding hydrogens is 92.1 g/mol. The fraction of sp³-hybridized carbons (Fsp3) is 0.667. The number of hydrogen-bond acceptors (Lipinski definition) is 3. The van der Waals surface area contributed by atoms with Crippen molar-refractivity contribution in [2.24, 2.45) is 16.6 Å². The van der Waals surface area contributed by atoms with Crippen LogP contribution in [-0.4, -0.2) is 25.1 Å². The van der Waals surface area contributed by atoms with Gasteiger partial charge in [0.25, 0.3) is 0 Å². The lowest BCUT2D eigenvalue weighted by Crippen LogP contribution is -2.34. The molecule has 0 aromatic heterocycles. The molecule has 7 heavy (non-hydrogen) atoms. The molecule has 0 aromatic carbocycles. The van der Waals surface area contributed by atoms with Crippen molar-refractivity contribution >= 4 is 6.34 Å². The van der Waals surface area contributed by atoms with E-state index in [1.807, 2.05) is 0 Å². The van der Waals surface area contributed by atoms with Gasteiger partial charge in [0.05, 0.1) is 13.0 Å². The highest BCUT2D eigenvalue weighted by Gasteiger charge is 1.78. The van der Waals surface area contributed by atoms with Crippen molar-refractivity contribution in [3.05, 3.63) is 0 Å². The summed E-state index contributed by atoms with van der Waals surface area (Å²) < 4.78 is 0. The van der Waals surface area contributed by atoms with Crippen LogP contribution in [0.1, 0.15) is 0 Å². The van der Waals surface area contributed by atoms with Crippen LogP contribution in [-0.2, 0) is 0 Å². The summed E-state index contributed by atoms with van der Waals surface area (Å²) in [5, 5.41) is 1.29. The Morgan fingerprint density at radius 2 is 2.43 bits per heavy atom. The maximum atomic E-state index is 5.14. The van der Waals surface area contributed by atoms with E-state index >= 15 is 0 Å². The first kappa shape index (κ1) is 6.39. The third kappa shape index (κ3) is 3.21. The van der Waals surface area contributed by atoms with Crippen LogP contribution < -0.4 is 11.6 Å². The van der Waals surface area contributed by atoms with E-state index in [9.17, 15) is 0 Å². The van der Waals surface area contributed by atoms with Gasteiger partial charge in [-0.2, -0.15) is 0 Å². The second-order valence-corrected chi connectivity index (χ2v) is 1.07. The molecule has 0 atom stereocenters. The Morgan fingerprint density at radius 1 is 1.86 bits per heavy atom. The number of hydrazine groups is 1. The largest absolute Gasteiger partial charge is 0.313 e. The Balaban J connectivity index is 3.16. The van der Waals surface area contributed by atoms with Gasteiger partial charge in [-0.15, -0.1) is 0 Å². The van der Waals surface area contributed by atoms with Gasteiger partial charge in [-0.25, -0.2) is 5.84 Å². The summed E-state index contributed by atoms with van der Waals surface area (Å²) in [6, 6.07) is 0. The number of aliphatic imine (C=N–C) groups is 1. The van der Waals surface area contributed by atoms with Crippen molar-refractivity contribution in [1.82, 2.24) is 5.01 Å². The molecule has 0 unspecified atom stereocenters. The summed E-state index contributed by atoms with van der Waals surface area (Å²) in [5.41, 5.74) is 5.07. The van der Waals surface area contributed by atoms with Crippen molar-refractivity contribution < 1.29 is 0 Å². The number of rotatable bonds is 2. The predicted molar refractivity (Wildman–Crippen MR) is 29.5 cm³/mol. The maximum absolute atomic E-state index is 5.14. The highest BCUT2D eigenvalue weighted by molar-refractivity contribution is 5.53. The molecule has 0 saturated carbocycles. The molecule has 42 valence electrons. The van der Waals surface area contributed by atoms with E-state index in [4.69, 9.17) is 11.6 Å². The molecule has 0 aliphatic rings. The van der Waals surface area contributed by atoms with Gasteiger partial charge in [0.15, 0.2) is 0 Å². The third-order valence-electron chi connectivity index (χ3n) is 0.475. The minimum Gasteiger partial charge on any atom is -0.313 e. The standard InChI is InChI=1S/C3H10N4/c1-6-3-7(5)2-4/h3H,2,4-5H2,1H3. The van der Waals surface area contributed by atoms with Crippen LogP contribution in [0.3, 0.4) is 0 Å². The Morgan fingerprint density at radius 3 is 2.57 bits per heavy atom. The van der Waals surface area contributed by atoms with Crippen LogP contribution in [0.2, 0.25) is 0 Å². The Labute approximate surface area is 42.8 Å². The van der Waals surface area contributed by atoms with Crippen molar-refractivity contribution in [3.63, 3.8) is 0 Å². The first-order valence-electron chi connectivity index (χ1n) is 1.95. The summed E-state index contributed by atoms with van der Waals surface area (Å²) in [5.74, 6) is 5.14. The molecular formula is C3H10N4. The molecule has 0 rings (SSSR count). The van der Waals surface area contributed by atoms with E-state index in [1.54, 1.807) is 7.05 Å². The molecule has 0 heterocycles. The van der Waals surface area contributed by atoms with Gasteiger partial charge < -0.3 is 5.73 Å². The van der Waals surface area contributed by atoms with Gasteiger partial charge in [-0.1, -0.05) is 0 Å². The molecule has 0 spiro atoms. The van der Waals surface area contributed by atoms with Gasteiger partial charge in [0.1, 0.15) is 0 Å². The molecule has 0 amide bonds. The van der Waals surface area contributed by atoms with Crippen molar-refractivity contribution in [2.45, 2.75) is 0 Å². The summed E-state index contributed by atoms with van der Waals surface area (Å²) in [7, 11) is 1.63. The first-order valence-corrected chi connectivity index (χ1v) is 1.95. The lowest BCUT2D eigenvalue weighted by molar-refractivity contribution is 0.467. The molecule has 0 saturated heterocycles. The van der Waals surface area contributed by atoms with Crippen LogP contribution in [0.25, 0.3) is 0 Å². The van der Waals surface area contributed by atoms with Gasteiger partial charge >= 0.3 is 0 Å². The second-order valence-electron chi connectivity index (χ2n) is 1.07. The fourth-order valence-electron chi connectivity index (χ4n) is 0.195. The Bertz CT molecular complexity index is 60.0. The molecule has 4 heteroatoms. The van der Waals surface area contributed by atoms with Crippen LogP contribution >= 0.6 is 0 Å². The molecule has 0 fully saturated rings. The van der Waals surface area contributed by atoms with Gasteiger partial charge in [-0.05, 0) is 0 Å². The van der Waals surface area contributed by atoms with Gasteiger partial charge in [0.2, 0.25) is 0 Å².